The number of fused-ring (bicyclic) bond motifs is 1. The third-order valence-corrected chi connectivity index (χ3v) is 5.12. The largest absolute Gasteiger partial charge is 0.396 e. The van der Waals surface area contributed by atoms with Crippen LogP contribution in [0.25, 0.3) is 10.1 Å². The maximum absolute atomic E-state index is 12.9. The summed E-state index contributed by atoms with van der Waals surface area (Å²) in [5.74, 6) is -0.00602. The van der Waals surface area contributed by atoms with Gasteiger partial charge in [0, 0.05) is 18.4 Å². The lowest BCUT2D eigenvalue weighted by molar-refractivity contribution is 0.0710. The highest BCUT2D eigenvalue weighted by atomic mass is 32.1. The Kier molecular flexibility index (Phi) is 4.74. The highest BCUT2D eigenvalue weighted by Crippen LogP contribution is 2.29. The Morgan fingerprint density at radius 2 is 1.83 bits per heavy atom. The van der Waals surface area contributed by atoms with E-state index in [1.54, 1.807) is 11.9 Å². The zero-order valence-corrected chi connectivity index (χ0v) is 13.8. The molecule has 0 aliphatic heterocycles. The van der Waals surface area contributed by atoms with Gasteiger partial charge in [-0.25, -0.2) is 0 Å². The molecule has 1 amide bonds. The van der Waals surface area contributed by atoms with E-state index in [2.05, 4.69) is 0 Å². The van der Waals surface area contributed by atoms with Crippen molar-refractivity contribution in [2.45, 2.75) is 12.5 Å². The lowest BCUT2D eigenvalue weighted by Crippen LogP contribution is -2.31. The maximum Gasteiger partial charge on any atom is 0.264 e. The highest BCUT2D eigenvalue weighted by molar-refractivity contribution is 7.20. The maximum atomic E-state index is 12.9. The van der Waals surface area contributed by atoms with Gasteiger partial charge in [0.1, 0.15) is 0 Å². The number of rotatable bonds is 5. The van der Waals surface area contributed by atoms with Crippen molar-refractivity contribution in [1.29, 1.82) is 0 Å². The van der Waals surface area contributed by atoms with Gasteiger partial charge >= 0.3 is 0 Å². The molecule has 1 atom stereocenters. The van der Waals surface area contributed by atoms with E-state index in [0.717, 1.165) is 20.5 Å². The van der Waals surface area contributed by atoms with E-state index in [9.17, 15) is 9.90 Å². The van der Waals surface area contributed by atoms with Crippen molar-refractivity contribution in [3.63, 3.8) is 0 Å². The Morgan fingerprint density at radius 1 is 1.13 bits per heavy atom. The molecule has 0 bridgehead atoms. The number of thiophene rings is 1. The molecule has 2 aromatic carbocycles. The molecule has 0 saturated carbocycles. The normalized spacial score (nSPS) is 12.3. The molecule has 23 heavy (non-hydrogen) atoms. The Balaban J connectivity index is 1.89. The molecule has 0 aliphatic rings. The summed E-state index contributed by atoms with van der Waals surface area (Å²) >= 11 is 1.51. The molecule has 4 heteroatoms. The number of nitrogens with zero attached hydrogens (tertiary/aromatic N) is 1. The summed E-state index contributed by atoms with van der Waals surface area (Å²) in [7, 11) is 1.81. The van der Waals surface area contributed by atoms with Crippen LogP contribution >= 0.6 is 11.3 Å². The van der Waals surface area contributed by atoms with E-state index < -0.39 is 0 Å². The van der Waals surface area contributed by atoms with E-state index in [1.165, 1.54) is 11.3 Å². The van der Waals surface area contributed by atoms with Gasteiger partial charge in [-0.3, -0.25) is 4.79 Å². The van der Waals surface area contributed by atoms with Crippen LogP contribution in [0.15, 0.2) is 60.7 Å². The van der Waals surface area contributed by atoms with Crippen LogP contribution in [0, 0.1) is 0 Å². The SMILES string of the molecule is CN(C(=O)c1cc2ccccc2s1)C(CCO)c1ccccc1. The Bertz CT molecular complexity index is 764. The van der Waals surface area contributed by atoms with Crippen molar-refractivity contribution in [3.05, 3.63) is 71.1 Å². The second-order valence-corrected chi connectivity index (χ2v) is 6.59. The summed E-state index contributed by atoms with van der Waals surface area (Å²) in [6, 6.07) is 19.7. The van der Waals surface area contributed by atoms with E-state index in [4.69, 9.17) is 0 Å². The van der Waals surface area contributed by atoms with Gasteiger partial charge in [-0.15, -0.1) is 11.3 Å². The van der Waals surface area contributed by atoms with Crippen LogP contribution in [0.1, 0.15) is 27.7 Å². The van der Waals surface area contributed by atoms with Crippen LogP contribution in [0.3, 0.4) is 0 Å². The van der Waals surface area contributed by atoms with Gasteiger partial charge in [-0.05, 0) is 29.5 Å². The van der Waals surface area contributed by atoms with Crippen molar-refractivity contribution in [2.24, 2.45) is 0 Å². The summed E-state index contributed by atoms with van der Waals surface area (Å²) in [6.45, 7) is 0.0452. The first-order chi connectivity index (χ1) is 11.2. The average molecular weight is 325 g/mol. The van der Waals surface area contributed by atoms with E-state index in [1.807, 2.05) is 60.7 Å². The second kappa shape index (κ2) is 6.94. The Morgan fingerprint density at radius 3 is 2.52 bits per heavy atom. The summed E-state index contributed by atoms with van der Waals surface area (Å²) in [4.78, 5) is 15.3. The molecule has 1 N–H and O–H groups in total. The summed E-state index contributed by atoms with van der Waals surface area (Å²) < 4.78 is 1.11. The van der Waals surface area contributed by atoms with E-state index >= 15 is 0 Å². The predicted molar refractivity (Wildman–Crippen MR) is 94.8 cm³/mol. The van der Waals surface area contributed by atoms with Gasteiger partial charge in [-0.1, -0.05) is 48.5 Å². The number of hydrogen-bond donors (Lipinski definition) is 1. The van der Waals surface area contributed by atoms with Gasteiger partial charge in [0.25, 0.3) is 5.91 Å². The minimum absolute atomic E-state index is 0.00602. The number of amides is 1. The van der Waals surface area contributed by atoms with Gasteiger partial charge < -0.3 is 10.0 Å². The van der Waals surface area contributed by atoms with Gasteiger partial charge in [-0.2, -0.15) is 0 Å². The zero-order chi connectivity index (χ0) is 16.2. The van der Waals surface area contributed by atoms with Crippen LogP contribution in [0.4, 0.5) is 0 Å². The van der Waals surface area contributed by atoms with Gasteiger partial charge in [0.2, 0.25) is 0 Å². The van der Waals surface area contributed by atoms with Crippen molar-refractivity contribution < 1.29 is 9.90 Å². The summed E-state index contributed by atoms with van der Waals surface area (Å²) in [5, 5.41) is 10.5. The molecule has 3 aromatic rings. The number of aliphatic hydroxyl groups excluding tert-OH is 1. The predicted octanol–water partition coefficient (Wildman–Crippen LogP) is 4.10. The highest BCUT2D eigenvalue weighted by Gasteiger charge is 2.23. The summed E-state index contributed by atoms with van der Waals surface area (Å²) in [5.41, 5.74) is 1.04. The third kappa shape index (κ3) is 3.28. The van der Waals surface area contributed by atoms with Crippen LogP contribution in [0.2, 0.25) is 0 Å². The number of aliphatic hydroxyl groups is 1. The van der Waals surface area contributed by atoms with Gasteiger partial charge in [0.15, 0.2) is 0 Å². The third-order valence-electron chi connectivity index (χ3n) is 4.01. The molecule has 0 spiro atoms. The van der Waals surface area contributed by atoms with Crippen molar-refractivity contribution in [3.8, 4) is 0 Å². The monoisotopic (exact) mass is 325 g/mol. The number of carbonyl (C=O) groups is 1. The molecule has 0 aliphatic carbocycles. The fourth-order valence-corrected chi connectivity index (χ4v) is 3.83. The Labute approximate surface area is 139 Å². The average Bonchev–Trinajstić information content (AvgIpc) is 3.03. The number of carbonyl (C=O) groups excluding carboxylic acids is 1. The molecule has 3 rings (SSSR count). The molecule has 0 radical (unpaired) electrons. The zero-order valence-electron chi connectivity index (χ0n) is 13.0. The molecule has 1 unspecified atom stereocenters. The van der Waals surface area contributed by atoms with Crippen LogP contribution in [-0.4, -0.2) is 29.6 Å². The molecular formula is C19H19NO2S. The van der Waals surface area contributed by atoms with E-state index in [0.29, 0.717) is 6.42 Å². The standard InChI is InChI=1S/C19H19NO2S/c1-20(16(11-12-21)14-7-3-2-4-8-14)19(22)18-13-15-9-5-6-10-17(15)23-18/h2-10,13,16,21H,11-12H2,1H3. The quantitative estimate of drug-likeness (QED) is 0.767. The molecular weight excluding hydrogens is 306 g/mol. The number of benzene rings is 2. The first-order valence-electron chi connectivity index (χ1n) is 7.62. The smallest absolute Gasteiger partial charge is 0.264 e. The van der Waals surface area contributed by atoms with Gasteiger partial charge in [0.05, 0.1) is 10.9 Å². The van der Waals surface area contributed by atoms with Crippen LogP contribution in [0.5, 0.6) is 0 Å². The molecule has 0 saturated heterocycles. The van der Waals surface area contributed by atoms with Crippen molar-refractivity contribution in [1.82, 2.24) is 4.90 Å². The Hall–Kier alpha value is -2.17. The molecule has 1 aromatic heterocycles. The first kappa shape index (κ1) is 15.7. The second-order valence-electron chi connectivity index (χ2n) is 5.50. The van der Waals surface area contributed by atoms with Crippen LogP contribution < -0.4 is 0 Å². The summed E-state index contributed by atoms with van der Waals surface area (Å²) in [6.07, 6.45) is 0.525. The van der Waals surface area contributed by atoms with Crippen molar-refractivity contribution in [2.75, 3.05) is 13.7 Å². The fraction of sp³-hybridized carbons (Fsp3) is 0.211. The molecule has 3 nitrogen and oxygen atoms in total. The van der Waals surface area contributed by atoms with E-state index in [-0.39, 0.29) is 18.6 Å². The topological polar surface area (TPSA) is 40.5 Å². The minimum atomic E-state index is -0.126. The first-order valence-corrected chi connectivity index (χ1v) is 8.44. The molecule has 1 heterocycles. The van der Waals surface area contributed by atoms with Crippen LogP contribution in [-0.2, 0) is 0 Å². The minimum Gasteiger partial charge on any atom is -0.396 e. The molecule has 118 valence electrons. The lowest BCUT2D eigenvalue weighted by Gasteiger charge is -2.28. The fourth-order valence-electron chi connectivity index (χ4n) is 2.78. The van der Waals surface area contributed by atoms with Crippen molar-refractivity contribution >= 4 is 27.3 Å². The lowest BCUT2D eigenvalue weighted by atomic mass is 10.0. The number of hydrogen-bond acceptors (Lipinski definition) is 3. The molecule has 0 fully saturated rings.